The Balaban J connectivity index is 1.05. The van der Waals surface area contributed by atoms with E-state index in [1.54, 1.807) is 63.4 Å². The third-order valence-corrected chi connectivity index (χ3v) is 17.2. The molecule has 8 atom stereocenters. The Morgan fingerprint density at radius 2 is 1.73 bits per heavy atom. The number of hydrogen-bond acceptors (Lipinski definition) is 12. The smallest absolute Gasteiger partial charge is 0.401 e. The van der Waals surface area contributed by atoms with E-state index in [0.29, 0.717) is 36.1 Å². The number of likely N-dealkylation sites (N-methyl/N-ethyl adjacent to an activating group) is 2. The summed E-state index contributed by atoms with van der Waals surface area (Å²) in [6, 6.07) is 17.9. The summed E-state index contributed by atoms with van der Waals surface area (Å²) in [5, 5.41) is 16.9. The van der Waals surface area contributed by atoms with Crippen LogP contribution in [0.3, 0.4) is 0 Å². The summed E-state index contributed by atoms with van der Waals surface area (Å²) >= 11 is 0. The average molecular weight is 1100 g/mol. The Bertz CT molecular complexity index is 3140. The molecular weight excluding hydrogens is 1030 g/mol. The van der Waals surface area contributed by atoms with Crippen LogP contribution < -0.4 is 15.6 Å². The predicted octanol–water partition coefficient (Wildman–Crippen LogP) is 7.57. The van der Waals surface area contributed by atoms with Gasteiger partial charge in [-0.25, -0.2) is 5.43 Å². The largest absolute Gasteiger partial charge is 0.508 e. The van der Waals surface area contributed by atoms with E-state index in [2.05, 4.69) is 71.1 Å². The van der Waals surface area contributed by atoms with Crippen molar-refractivity contribution >= 4 is 40.3 Å². The second-order valence-electron chi connectivity index (χ2n) is 24.1. The lowest BCUT2D eigenvalue weighted by Crippen LogP contribution is -2.66. The number of aryl methyl sites for hydroxylation is 1. The number of carbonyl (C=O) groups is 4. The number of likely N-dealkylation sites (tertiary alicyclic amines) is 1. The molecule has 2 aromatic heterocycles. The molecule has 16 nitrogen and oxygen atoms in total. The number of piperazine rings is 1. The second-order valence-corrected chi connectivity index (χ2v) is 24.1. The maximum absolute atomic E-state index is 15.1. The third kappa shape index (κ3) is 11.5. The number of pyridine rings is 1. The molecule has 1 unspecified atom stereocenters. The number of cyclic esters (lactones) is 1. The van der Waals surface area contributed by atoms with Crippen LogP contribution in [0.15, 0.2) is 79.0 Å². The number of amides is 3. The van der Waals surface area contributed by atoms with Gasteiger partial charge in [0.25, 0.3) is 5.91 Å². The number of alkyl halides is 3. The number of nitrogens with zero attached hydrogens (tertiary/aromatic N) is 7. The first-order valence-corrected chi connectivity index (χ1v) is 28.1. The number of carbonyl (C=O) groups excluding carboxylic acids is 4. The zero-order valence-electron chi connectivity index (χ0n) is 47.3. The fraction of sp³-hybridized carbons (Fsp3) is 0.525. The Morgan fingerprint density at radius 1 is 0.988 bits per heavy atom. The maximum atomic E-state index is 15.1. The molecule has 4 fully saturated rings. The van der Waals surface area contributed by atoms with E-state index in [1.807, 2.05) is 25.3 Å². The van der Waals surface area contributed by atoms with Crippen LogP contribution in [0.5, 0.6) is 5.75 Å². The first-order chi connectivity index (χ1) is 38.0. The Hall–Kier alpha value is -6.54. The fourth-order valence-electron chi connectivity index (χ4n) is 12.9. The minimum atomic E-state index is -4.57. The standard InChI is InChI=1S/C61H76F3N9O7/c1-10-72-50-17-16-39-26-45(50)47(54(72)46-28-42(30-65-51(46)36(4)79-9)70-20-18-68(7)19-21-70)29-60(5,6)34-80-59(78)52-44-27-41(44)31-73(67-52)57(76)49(24-37-22-40(39)25-43(74)23-37)66-56(75)53(35(2)3)69(8)58(77)55-48(38-14-12-11-13-15-38)32-71(55)33-61(62,63)64/h11-17,22-23,25-26,28,30,35-36,41,44,48-49,52-53,55,67,74H,10,18-21,24,27,29,31-34H2,1-9H3,(H,66,75)/t36-,41?,44-,48+,49-,52-,53-,55+/m0/s1. The summed E-state index contributed by atoms with van der Waals surface area (Å²) < 4.78 is 56.4. The lowest BCUT2D eigenvalue weighted by atomic mass is 9.81. The van der Waals surface area contributed by atoms with Gasteiger partial charge in [-0.1, -0.05) is 70.2 Å². The quantitative estimate of drug-likeness (QED) is 0.105. The summed E-state index contributed by atoms with van der Waals surface area (Å²) in [4.78, 5) is 71.2. The van der Waals surface area contributed by atoms with Gasteiger partial charge in [-0.05, 0) is 110 Å². The van der Waals surface area contributed by atoms with Gasteiger partial charge in [-0.3, -0.25) is 34.1 Å². The van der Waals surface area contributed by atoms with Crippen LogP contribution in [0.4, 0.5) is 18.9 Å². The van der Waals surface area contributed by atoms with Gasteiger partial charge in [0.2, 0.25) is 11.8 Å². The highest BCUT2D eigenvalue weighted by molar-refractivity contribution is 5.97. The minimum absolute atomic E-state index is 0.00591. The van der Waals surface area contributed by atoms with Crippen LogP contribution in [0.25, 0.3) is 33.3 Å². The maximum Gasteiger partial charge on any atom is 0.401 e. The van der Waals surface area contributed by atoms with Crippen molar-refractivity contribution in [2.45, 2.75) is 110 Å². The van der Waals surface area contributed by atoms with Gasteiger partial charge in [0, 0.05) is 94.2 Å². The first-order valence-electron chi connectivity index (χ1n) is 28.1. The average Bonchev–Trinajstić information content (AvgIpc) is 4.25. The van der Waals surface area contributed by atoms with Crippen LogP contribution in [-0.2, 0) is 48.0 Å². The van der Waals surface area contributed by atoms with E-state index in [9.17, 15) is 32.7 Å². The lowest BCUT2D eigenvalue weighted by molar-refractivity contribution is -0.175. The molecule has 5 aliphatic rings. The number of methoxy groups -OCH3 is 1. The predicted molar refractivity (Wildman–Crippen MR) is 299 cm³/mol. The number of hydrazine groups is 1. The van der Waals surface area contributed by atoms with Crippen LogP contribution in [0.2, 0.25) is 0 Å². The Kier molecular flexibility index (Phi) is 15.9. The number of fused-ring (bicyclic) bond motifs is 8. The summed E-state index contributed by atoms with van der Waals surface area (Å²) in [7, 11) is 5.24. The van der Waals surface area contributed by atoms with Gasteiger partial charge in [0.1, 0.15) is 23.9 Å². The van der Waals surface area contributed by atoms with Crippen LogP contribution >= 0.6 is 0 Å². The molecule has 3 amide bonds. The Labute approximate surface area is 466 Å². The van der Waals surface area contributed by atoms with E-state index in [0.717, 1.165) is 75.7 Å². The molecule has 6 bridgehead atoms. The van der Waals surface area contributed by atoms with Crippen molar-refractivity contribution < 1.29 is 46.9 Å². The zero-order chi connectivity index (χ0) is 57.1. The van der Waals surface area contributed by atoms with Gasteiger partial charge in [0.05, 0.1) is 48.6 Å². The fourth-order valence-corrected chi connectivity index (χ4v) is 12.9. The molecule has 0 radical (unpaired) electrons. The van der Waals surface area contributed by atoms with Gasteiger partial charge in [-0.15, -0.1) is 0 Å². The van der Waals surface area contributed by atoms with Gasteiger partial charge in [0.15, 0.2) is 0 Å². The number of ether oxygens (including phenoxy) is 2. The van der Waals surface area contributed by atoms with E-state index < -0.39 is 77.8 Å². The van der Waals surface area contributed by atoms with E-state index in [-0.39, 0.29) is 49.8 Å². The molecule has 1 saturated carbocycles. The normalized spacial score (nSPS) is 24.4. The number of phenols is 1. The molecule has 3 aromatic carbocycles. The van der Waals surface area contributed by atoms with Crippen molar-refractivity contribution in [3.8, 4) is 28.1 Å². The monoisotopic (exact) mass is 1100 g/mol. The van der Waals surface area contributed by atoms with Crippen molar-refractivity contribution in [2.24, 2.45) is 23.2 Å². The number of halogens is 3. The number of rotatable bonds is 12. The highest BCUT2D eigenvalue weighted by atomic mass is 19.4. The van der Waals surface area contributed by atoms with Crippen molar-refractivity contribution in [1.29, 1.82) is 0 Å². The summed E-state index contributed by atoms with van der Waals surface area (Å²) in [5.41, 5.74) is 11.0. The lowest BCUT2D eigenvalue weighted by Gasteiger charge is -2.49. The zero-order valence-corrected chi connectivity index (χ0v) is 47.3. The van der Waals surface area contributed by atoms with E-state index >= 15 is 4.79 Å². The molecule has 0 spiro atoms. The molecule has 3 saturated heterocycles. The number of anilines is 1. The van der Waals surface area contributed by atoms with Gasteiger partial charge >= 0.3 is 12.1 Å². The minimum Gasteiger partial charge on any atom is -0.508 e. The highest BCUT2D eigenvalue weighted by Gasteiger charge is 2.54. The molecule has 10 rings (SSSR count). The second kappa shape index (κ2) is 22.4. The number of aromatic nitrogens is 2. The Morgan fingerprint density at radius 3 is 2.41 bits per heavy atom. The van der Waals surface area contributed by atoms with Crippen molar-refractivity contribution in [3.63, 3.8) is 0 Å². The number of nitrogens with one attached hydrogen (secondary N) is 2. The molecule has 80 heavy (non-hydrogen) atoms. The third-order valence-electron chi connectivity index (χ3n) is 17.2. The molecular formula is C61H76F3N9O7. The van der Waals surface area contributed by atoms with Crippen LogP contribution in [0.1, 0.15) is 82.4 Å². The van der Waals surface area contributed by atoms with Crippen molar-refractivity contribution in [3.05, 3.63) is 101 Å². The number of phenolic OH excluding ortho intramolecular Hbond substituents is 1. The summed E-state index contributed by atoms with van der Waals surface area (Å²) in [6.07, 6.45) is -1.90. The molecule has 6 heterocycles. The van der Waals surface area contributed by atoms with Crippen molar-refractivity contribution in [1.82, 2.24) is 40.0 Å². The molecule has 1 aliphatic carbocycles. The summed E-state index contributed by atoms with van der Waals surface area (Å²) in [6.45, 7) is 15.0. The van der Waals surface area contributed by atoms with E-state index in [1.165, 1.54) is 17.0 Å². The molecule has 3 N–H and O–H groups in total. The molecule has 19 heteroatoms. The summed E-state index contributed by atoms with van der Waals surface area (Å²) in [5.74, 6) is -3.63. The number of aromatic hydroxyl groups is 1. The van der Waals surface area contributed by atoms with Gasteiger partial charge < -0.3 is 39.2 Å². The van der Waals surface area contributed by atoms with Crippen molar-refractivity contribution in [2.75, 3.05) is 78.5 Å². The number of hydrogen-bond donors (Lipinski definition) is 3. The number of esters is 1. The van der Waals surface area contributed by atoms with E-state index in [4.69, 9.17) is 14.5 Å². The molecule has 5 aromatic rings. The topological polar surface area (TPSA) is 165 Å². The molecule has 428 valence electrons. The highest BCUT2D eigenvalue weighted by Crippen LogP contribution is 2.47. The first kappa shape index (κ1) is 56.7. The number of benzene rings is 3. The molecule has 4 aliphatic heterocycles. The van der Waals surface area contributed by atoms with Crippen LogP contribution in [-0.4, -0.2) is 162 Å². The van der Waals surface area contributed by atoms with Crippen LogP contribution in [0, 0.1) is 23.2 Å². The SMILES string of the molecule is CCn1c(-c2cc(N3CCN(C)CC3)cnc2[C@H](C)OC)c2c3cc(ccc31)-c1cc(O)cc(c1)C[C@H](NC(=O)[C@H](C(C)C)N(C)C(=O)[C@H]1[C@@H](c3ccccc3)CN1CC(F)(F)F)C(=O)N1CC3C[C@@H]3[C@H](N1)C(=O)OCC(C)(C)C2. The van der Waals surface area contributed by atoms with Gasteiger partial charge in [-0.2, -0.15) is 13.2 Å².